The van der Waals surface area contributed by atoms with Gasteiger partial charge in [-0.1, -0.05) is 30.3 Å². The quantitative estimate of drug-likeness (QED) is 0.793. The SMILES string of the molecule is CC(=O)O[C@@H]1[C@@H](OC(C)=O)[C@@H](O)O[C@@H]2CO[C@@H](c3ccccc3)O[C@@H]12. The lowest BCUT2D eigenvalue weighted by atomic mass is 9.97. The molecule has 25 heavy (non-hydrogen) atoms. The first-order valence-corrected chi connectivity index (χ1v) is 7.95. The largest absolute Gasteiger partial charge is 0.455 e. The van der Waals surface area contributed by atoms with Gasteiger partial charge in [0.1, 0.15) is 12.2 Å². The van der Waals surface area contributed by atoms with Crippen LogP contribution in [0.25, 0.3) is 0 Å². The summed E-state index contributed by atoms with van der Waals surface area (Å²) in [6.45, 7) is 2.56. The highest BCUT2D eigenvalue weighted by Gasteiger charge is 2.52. The van der Waals surface area contributed by atoms with E-state index in [2.05, 4.69) is 0 Å². The minimum absolute atomic E-state index is 0.131. The maximum Gasteiger partial charge on any atom is 0.303 e. The van der Waals surface area contributed by atoms with Crippen molar-refractivity contribution in [2.45, 2.75) is 50.8 Å². The number of hydrogen-bond acceptors (Lipinski definition) is 8. The third-order valence-corrected chi connectivity index (χ3v) is 3.98. The zero-order chi connectivity index (χ0) is 18.0. The van der Waals surface area contributed by atoms with Gasteiger partial charge in [-0.2, -0.15) is 0 Å². The van der Waals surface area contributed by atoms with Crippen molar-refractivity contribution < 1.29 is 38.4 Å². The first-order chi connectivity index (χ1) is 12.0. The van der Waals surface area contributed by atoms with Crippen LogP contribution in [0, 0.1) is 0 Å². The molecule has 0 aromatic heterocycles. The molecular formula is C17H20O8. The average molecular weight is 352 g/mol. The number of esters is 2. The summed E-state index contributed by atoms with van der Waals surface area (Å²) in [7, 11) is 0. The molecule has 3 rings (SSSR count). The van der Waals surface area contributed by atoms with Crippen LogP contribution in [0.5, 0.6) is 0 Å². The fourth-order valence-corrected chi connectivity index (χ4v) is 2.99. The lowest BCUT2D eigenvalue weighted by Gasteiger charge is -2.46. The van der Waals surface area contributed by atoms with E-state index in [4.69, 9.17) is 23.7 Å². The van der Waals surface area contributed by atoms with Crippen molar-refractivity contribution in [3.8, 4) is 0 Å². The van der Waals surface area contributed by atoms with E-state index in [0.29, 0.717) is 0 Å². The Hall–Kier alpha value is -2.00. The Kier molecular flexibility index (Phi) is 5.33. The van der Waals surface area contributed by atoms with Gasteiger partial charge in [-0.05, 0) is 0 Å². The number of carbonyl (C=O) groups is 2. The highest BCUT2D eigenvalue weighted by Crippen LogP contribution is 2.35. The molecule has 0 spiro atoms. The van der Waals surface area contributed by atoms with E-state index in [1.165, 1.54) is 13.8 Å². The minimum Gasteiger partial charge on any atom is -0.455 e. The normalized spacial score (nSPS) is 34.7. The van der Waals surface area contributed by atoms with Gasteiger partial charge in [0.05, 0.1) is 6.61 Å². The average Bonchev–Trinajstić information content (AvgIpc) is 2.58. The second-order valence-electron chi connectivity index (χ2n) is 5.89. The smallest absolute Gasteiger partial charge is 0.303 e. The van der Waals surface area contributed by atoms with E-state index in [0.717, 1.165) is 5.56 Å². The third kappa shape index (κ3) is 3.98. The number of rotatable bonds is 3. The number of carbonyl (C=O) groups excluding carboxylic acids is 2. The Bertz CT molecular complexity index is 618. The topological polar surface area (TPSA) is 101 Å². The van der Waals surface area contributed by atoms with Crippen molar-refractivity contribution in [1.29, 1.82) is 0 Å². The number of aliphatic hydroxyl groups is 1. The third-order valence-electron chi connectivity index (χ3n) is 3.98. The molecule has 1 aromatic rings. The molecule has 2 saturated heterocycles. The second-order valence-corrected chi connectivity index (χ2v) is 5.89. The van der Waals surface area contributed by atoms with Crippen LogP contribution in [0.4, 0.5) is 0 Å². The van der Waals surface area contributed by atoms with Crippen molar-refractivity contribution in [3.05, 3.63) is 35.9 Å². The summed E-state index contributed by atoms with van der Waals surface area (Å²) in [5.41, 5.74) is 0.790. The van der Waals surface area contributed by atoms with E-state index >= 15 is 0 Å². The Morgan fingerprint density at radius 2 is 1.68 bits per heavy atom. The van der Waals surface area contributed by atoms with Gasteiger partial charge in [0.15, 0.2) is 24.8 Å². The Balaban J connectivity index is 1.84. The minimum atomic E-state index is -1.45. The van der Waals surface area contributed by atoms with Crippen molar-refractivity contribution in [3.63, 3.8) is 0 Å². The molecule has 1 N–H and O–H groups in total. The molecule has 2 heterocycles. The van der Waals surface area contributed by atoms with Crippen molar-refractivity contribution in [2.24, 2.45) is 0 Å². The first kappa shape index (κ1) is 17.8. The van der Waals surface area contributed by atoms with Crippen LogP contribution < -0.4 is 0 Å². The maximum absolute atomic E-state index is 11.5. The molecule has 1 aromatic carbocycles. The summed E-state index contributed by atoms with van der Waals surface area (Å²) < 4.78 is 27.4. The summed E-state index contributed by atoms with van der Waals surface area (Å²) in [6.07, 6.45) is -5.74. The molecule has 0 aliphatic carbocycles. The fourth-order valence-electron chi connectivity index (χ4n) is 2.99. The van der Waals surface area contributed by atoms with Gasteiger partial charge < -0.3 is 28.8 Å². The van der Waals surface area contributed by atoms with Gasteiger partial charge in [0.2, 0.25) is 0 Å². The monoisotopic (exact) mass is 352 g/mol. The Labute approximate surface area is 144 Å². The molecule has 2 fully saturated rings. The van der Waals surface area contributed by atoms with Crippen LogP contribution in [0.1, 0.15) is 25.7 Å². The van der Waals surface area contributed by atoms with Gasteiger partial charge in [-0.15, -0.1) is 0 Å². The fraction of sp³-hybridized carbons (Fsp3) is 0.529. The zero-order valence-corrected chi connectivity index (χ0v) is 13.9. The van der Waals surface area contributed by atoms with Crippen LogP contribution in [-0.2, 0) is 33.3 Å². The predicted octanol–water partition coefficient (Wildman–Crippen LogP) is 0.681. The molecule has 0 saturated carbocycles. The van der Waals surface area contributed by atoms with Gasteiger partial charge in [0.25, 0.3) is 0 Å². The first-order valence-electron chi connectivity index (χ1n) is 7.95. The van der Waals surface area contributed by atoms with E-state index in [1.807, 2.05) is 30.3 Å². The highest BCUT2D eigenvalue weighted by atomic mass is 16.7. The molecule has 6 atom stereocenters. The van der Waals surface area contributed by atoms with Gasteiger partial charge in [-0.3, -0.25) is 9.59 Å². The summed E-state index contributed by atoms with van der Waals surface area (Å²) in [4.78, 5) is 22.8. The zero-order valence-electron chi connectivity index (χ0n) is 13.9. The number of fused-ring (bicyclic) bond motifs is 1. The van der Waals surface area contributed by atoms with E-state index < -0.39 is 48.9 Å². The van der Waals surface area contributed by atoms with Gasteiger partial charge >= 0.3 is 11.9 Å². The van der Waals surface area contributed by atoms with Crippen LogP contribution in [0.2, 0.25) is 0 Å². The van der Waals surface area contributed by atoms with E-state index in [1.54, 1.807) is 0 Å². The summed E-state index contributed by atoms with van der Waals surface area (Å²) in [5.74, 6) is -1.21. The molecular weight excluding hydrogens is 332 g/mol. The number of benzene rings is 1. The molecule has 0 unspecified atom stereocenters. The predicted molar refractivity (Wildman–Crippen MR) is 82.0 cm³/mol. The molecule has 136 valence electrons. The van der Waals surface area contributed by atoms with Gasteiger partial charge in [0, 0.05) is 19.4 Å². The molecule has 8 heteroatoms. The highest BCUT2D eigenvalue weighted by molar-refractivity contribution is 5.67. The number of ether oxygens (including phenoxy) is 5. The lowest BCUT2D eigenvalue weighted by Crippen LogP contribution is -2.63. The Morgan fingerprint density at radius 3 is 2.32 bits per heavy atom. The molecule has 2 aliphatic rings. The molecule has 2 aliphatic heterocycles. The lowest BCUT2D eigenvalue weighted by molar-refractivity contribution is -0.355. The summed E-state index contributed by atoms with van der Waals surface area (Å²) >= 11 is 0. The van der Waals surface area contributed by atoms with E-state index in [9.17, 15) is 14.7 Å². The molecule has 8 nitrogen and oxygen atoms in total. The van der Waals surface area contributed by atoms with Crippen molar-refractivity contribution in [1.82, 2.24) is 0 Å². The molecule has 0 radical (unpaired) electrons. The van der Waals surface area contributed by atoms with Crippen LogP contribution >= 0.6 is 0 Å². The van der Waals surface area contributed by atoms with E-state index in [-0.39, 0.29) is 6.61 Å². The van der Waals surface area contributed by atoms with Crippen LogP contribution in [0.15, 0.2) is 30.3 Å². The number of aliphatic hydroxyl groups excluding tert-OH is 1. The van der Waals surface area contributed by atoms with Crippen LogP contribution in [0.3, 0.4) is 0 Å². The van der Waals surface area contributed by atoms with Crippen molar-refractivity contribution >= 4 is 11.9 Å². The maximum atomic E-state index is 11.5. The number of hydrogen-bond donors (Lipinski definition) is 1. The second kappa shape index (κ2) is 7.49. The summed E-state index contributed by atoms with van der Waals surface area (Å²) in [5, 5.41) is 10.1. The standard InChI is InChI=1S/C17H20O8/c1-9(18)22-14-13-12(24-16(20)15(14)23-10(2)19)8-21-17(25-13)11-6-4-3-5-7-11/h3-7,12-17,20H,8H2,1-2H3/t12-,13-,14+,15-,16+,17-/m1/s1. The van der Waals surface area contributed by atoms with Gasteiger partial charge in [-0.25, -0.2) is 0 Å². The molecule has 0 amide bonds. The van der Waals surface area contributed by atoms with Crippen molar-refractivity contribution in [2.75, 3.05) is 6.61 Å². The molecule has 0 bridgehead atoms. The Morgan fingerprint density at radius 1 is 1.04 bits per heavy atom. The van der Waals surface area contributed by atoms with Crippen LogP contribution in [-0.4, -0.2) is 54.4 Å². The summed E-state index contributed by atoms with van der Waals surface area (Å²) in [6, 6.07) is 9.25.